The Labute approximate surface area is 137 Å². The summed E-state index contributed by atoms with van der Waals surface area (Å²) in [5.74, 6) is -6.10. The van der Waals surface area contributed by atoms with Gasteiger partial charge in [0.25, 0.3) is 5.78 Å². The van der Waals surface area contributed by atoms with Gasteiger partial charge in [0.05, 0.1) is 0 Å². The highest BCUT2D eigenvalue weighted by atomic mass is 19.4. The van der Waals surface area contributed by atoms with Crippen LogP contribution in [0.15, 0.2) is 48.2 Å². The first kappa shape index (κ1) is 22.2. The topological polar surface area (TPSA) is 80.3 Å². The molecule has 0 heterocycles. The number of benzene rings is 1. The molecule has 0 atom stereocenters. The summed E-state index contributed by atoms with van der Waals surface area (Å²) >= 11 is 0. The lowest BCUT2D eigenvalue weighted by Gasteiger charge is -2.15. The summed E-state index contributed by atoms with van der Waals surface area (Å²) in [7, 11) is 0. The molecule has 1 aromatic carbocycles. The van der Waals surface area contributed by atoms with E-state index < -0.39 is 30.0 Å². The lowest BCUT2D eigenvalue weighted by molar-refractivity contribution is -0.360. The van der Waals surface area contributed by atoms with Gasteiger partial charge >= 0.3 is 12.4 Å². The average molecular weight is 368 g/mol. The summed E-state index contributed by atoms with van der Waals surface area (Å²) < 4.78 is 67.8. The lowest BCUT2D eigenvalue weighted by atomic mass is 10.1. The molecule has 0 bridgehead atoms. The van der Waals surface area contributed by atoms with Crippen molar-refractivity contribution in [2.24, 2.45) is 0 Å². The zero-order chi connectivity index (χ0) is 19.8. The van der Waals surface area contributed by atoms with Gasteiger partial charge in [0.2, 0.25) is 0 Å². The highest BCUT2D eigenvalue weighted by Gasteiger charge is 2.38. The van der Waals surface area contributed by atoms with E-state index in [1.165, 1.54) is 6.92 Å². The molecule has 25 heavy (non-hydrogen) atoms. The van der Waals surface area contributed by atoms with E-state index in [9.17, 15) is 46.1 Å². The second-order valence-corrected chi connectivity index (χ2v) is 4.35. The molecule has 10 heteroatoms. The summed E-state index contributed by atoms with van der Waals surface area (Å²) in [5, 5.41) is 21.0. The van der Waals surface area contributed by atoms with Crippen molar-refractivity contribution < 1.29 is 46.1 Å². The quantitative estimate of drug-likeness (QED) is 0.464. The van der Waals surface area contributed by atoms with Gasteiger partial charge in [-0.15, -0.1) is 0 Å². The Morgan fingerprint density at radius 1 is 0.880 bits per heavy atom. The van der Waals surface area contributed by atoms with Gasteiger partial charge in [0.15, 0.2) is 5.78 Å². The maximum Gasteiger partial charge on any atom is 0.454 e. The number of hydrogen-bond donors (Lipinski definition) is 0. The normalized spacial score (nSPS) is 12.9. The van der Waals surface area contributed by atoms with Crippen molar-refractivity contribution in [3.05, 3.63) is 53.8 Å². The number of alkyl halides is 6. The van der Waals surface area contributed by atoms with Crippen molar-refractivity contribution in [1.29, 1.82) is 0 Å². The van der Waals surface area contributed by atoms with E-state index in [0.717, 1.165) is 6.08 Å². The van der Waals surface area contributed by atoms with Gasteiger partial charge in [-0.3, -0.25) is 9.59 Å². The molecule has 1 aromatic rings. The first-order valence-electron chi connectivity index (χ1n) is 6.27. The number of carbonyl (C=O) groups excluding carboxylic acids is 2. The molecule has 0 amide bonds. The van der Waals surface area contributed by atoms with Gasteiger partial charge < -0.3 is 10.2 Å². The smallest absolute Gasteiger partial charge is 0.454 e. The summed E-state index contributed by atoms with van der Waals surface area (Å²) in [6, 6.07) is 8.72. The van der Waals surface area contributed by atoms with E-state index >= 15 is 0 Å². The van der Waals surface area contributed by atoms with Crippen molar-refractivity contribution in [3.63, 3.8) is 0 Å². The van der Waals surface area contributed by atoms with Gasteiger partial charge in [0, 0.05) is 0 Å². The van der Waals surface area contributed by atoms with Gasteiger partial charge in [-0.25, -0.2) is 0 Å². The zero-order valence-electron chi connectivity index (χ0n) is 12.4. The van der Waals surface area contributed by atoms with Crippen molar-refractivity contribution in [2.75, 3.05) is 0 Å². The molecule has 0 fully saturated rings. The monoisotopic (exact) mass is 368 g/mol. The molecule has 0 unspecified atom stereocenters. The maximum absolute atomic E-state index is 11.3. The fourth-order valence-corrected chi connectivity index (χ4v) is 1.15. The molecule has 0 aliphatic heterocycles. The minimum atomic E-state index is -5.46. The third-order valence-electron chi connectivity index (χ3n) is 2.21. The number of halogens is 6. The molecule has 4 nitrogen and oxygen atoms in total. The molecule has 0 N–H and O–H groups in total. The van der Waals surface area contributed by atoms with Crippen LogP contribution in [0.3, 0.4) is 0 Å². The minimum absolute atomic E-state index is 0.219. The van der Waals surface area contributed by atoms with E-state index in [1.807, 2.05) is 6.07 Å². The molecule has 0 aromatic heterocycles. The van der Waals surface area contributed by atoms with Gasteiger partial charge in [-0.1, -0.05) is 36.1 Å². The van der Waals surface area contributed by atoms with Crippen molar-refractivity contribution >= 4 is 17.3 Å². The highest BCUT2D eigenvalue weighted by Crippen LogP contribution is 2.23. The first-order valence-corrected chi connectivity index (χ1v) is 6.27. The predicted molar refractivity (Wildman–Crippen MR) is 70.3 cm³/mol. The van der Waals surface area contributed by atoms with Crippen LogP contribution in [0.2, 0.25) is 0 Å². The van der Waals surface area contributed by atoms with Crippen LogP contribution in [-0.2, 0) is 9.59 Å². The molecule has 0 aliphatic carbocycles. The Hall–Kier alpha value is -2.78. The van der Waals surface area contributed by atoms with E-state index in [0.29, 0.717) is 5.56 Å². The standard InChI is InChI=1S/C10H10O2.C5H2F6O2/c1-8(11)7-10(12)9-5-3-2-4-6-9;6-4(7,8)2(12)1-3(13)5(9,10)11/h2-7,12H,1H3;1,12H/p-2/b10-7-;2-1-. The van der Waals surface area contributed by atoms with Crippen LogP contribution in [-0.4, -0.2) is 23.9 Å². The number of allylic oxidation sites excluding steroid dienone is 3. The Morgan fingerprint density at radius 2 is 1.36 bits per heavy atom. The fourth-order valence-electron chi connectivity index (χ4n) is 1.15. The molecule has 0 radical (unpaired) electrons. The fraction of sp³-hybridized carbons (Fsp3) is 0.200. The first-order chi connectivity index (χ1) is 11.2. The van der Waals surface area contributed by atoms with Crippen molar-refractivity contribution in [2.45, 2.75) is 19.3 Å². The van der Waals surface area contributed by atoms with Gasteiger partial charge in [-0.05, 0) is 30.4 Å². The van der Waals surface area contributed by atoms with Crippen LogP contribution in [0.1, 0.15) is 12.5 Å². The molecule has 0 aliphatic rings. The number of hydrogen-bond acceptors (Lipinski definition) is 4. The SMILES string of the molecule is CC(=O)/C=C(\[O-])c1ccccc1.O=C(/C=C(\[O-])C(F)(F)F)C(F)(F)F. The minimum Gasteiger partial charge on any atom is -0.872 e. The molecular weight excluding hydrogens is 358 g/mol. The van der Waals surface area contributed by atoms with Crippen LogP contribution < -0.4 is 10.2 Å². The maximum atomic E-state index is 11.3. The third kappa shape index (κ3) is 9.18. The Balaban J connectivity index is 0.000000462. The molecule has 0 saturated carbocycles. The summed E-state index contributed by atoms with van der Waals surface area (Å²) in [5.41, 5.74) is 0.549. The van der Waals surface area contributed by atoms with Gasteiger partial charge in [-0.2, -0.15) is 26.3 Å². The Bertz CT molecular complexity index is 657. The Morgan fingerprint density at radius 3 is 1.72 bits per heavy atom. The predicted octanol–water partition coefficient (Wildman–Crippen LogP) is 1.90. The lowest BCUT2D eigenvalue weighted by Crippen LogP contribution is -2.28. The second kappa shape index (κ2) is 8.90. The van der Waals surface area contributed by atoms with Crippen LogP contribution in [0.25, 0.3) is 5.76 Å². The number of rotatable bonds is 3. The van der Waals surface area contributed by atoms with Crippen molar-refractivity contribution in [3.8, 4) is 0 Å². The summed E-state index contributed by atoms with van der Waals surface area (Å²) in [6.07, 6.45) is -10.9. The highest BCUT2D eigenvalue weighted by molar-refractivity contribution is 5.94. The zero-order valence-corrected chi connectivity index (χ0v) is 12.4. The molecular formula is C15H10F6O4-2. The van der Waals surface area contributed by atoms with E-state index in [1.54, 1.807) is 24.3 Å². The molecule has 1 rings (SSSR count). The Kier molecular flexibility index (Phi) is 7.91. The van der Waals surface area contributed by atoms with Crippen LogP contribution in [0.4, 0.5) is 26.3 Å². The molecule has 0 saturated heterocycles. The van der Waals surface area contributed by atoms with Gasteiger partial charge in [0.1, 0.15) is 0 Å². The number of ketones is 2. The summed E-state index contributed by atoms with van der Waals surface area (Å²) in [4.78, 5) is 20.4. The average Bonchev–Trinajstić information content (AvgIpc) is 2.46. The third-order valence-corrected chi connectivity index (χ3v) is 2.21. The number of carbonyl (C=O) groups is 2. The summed E-state index contributed by atoms with van der Waals surface area (Å²) in [6.45, 7) is 1.36. The van der Waals surface area contributed by atoms with E-state index in [-0.39, 0.29) is 11.5 Å². The van der Waals surface area contributed by atoms with Crippen LogP contribution >= 0.6 is 0 Å². The molecule has 138 valence electrons. The largest absolute Gasteiger partial charge is 0.872 e. The second-order valence-electron chi connectivity index (χ2n) is 4.35. The van der Waals surface area contributed by atoms with E-state index in [2.05, 4.69) is 0 Å². The van der Waals surface area contributed by atoms with Crippen LogP contribution in [0.5, 0.6) is 0 Å². The van der Waals surface area contributed by atoms with Crippen LogP contribution in [0, 0.1) is 0 Å². The van der Waals surface area contributed by atoms with E-state index in [4.69, 9.17) is 0 Å². The molecule has 0 spiro atoms. The van der Waals surface area contributed by atoms with Crippen molar-refractivity contribution in [1.82, 2.24) is 0 Å².